The Morgan fingerprint density at radius 3 is 2.04 bits per heavy atom. The van der Waals surface area contributed by atoms with Crippen LogP contribution in [0.3, 0.4) is 0 Å². The minimum absolute atomic E-state index is 0.451. The van der Waals surface area contributed by atoms with Crippen molar-refractivity contribution in [2.45, 2.75) is 79.7 Å². The molecule has 0 aromatic carbocycles. The molecule has 1 atom stereocenters. The minimum atomic E-state index is 0.451. The van der Waals surface area contributed by atoms with Gasteiger partial charge in [-0.25, -0.2) is 0 Å². The van der Waals surface area contributed by atoms with E-state index in [1.807, 2.05) is 0 Å². The molecule has 2 rings (SSSR count). The van der Waals surface area contributed by atoms with Crippen molar-refractivity contribution in [1.82, 2.24) is 14.7 Å². The molecule has 0 aromatic heterocycles. The molecular formula is C22H45N3. The number of nitrogens with zero attached hydrogens (tertiary/aromatic N) is 3. The van der Waals surface area contributed by atoms with E-state index >= 15 is 0 Å². The Balaban J connectivity index is 1.84. The highest BCUT2D eigenvalue weighted by Gasteiger charge is 2.32. The number of rotatable bonds is 8. The molecule has 25 heavy (non-hydrogen) atoms. The van der Waals surface area contributed by atoms with Crippen molar-refractivity contribution in [2.75, 3.05) is 52.4 Å². The second-order valence-electron chi connectivity index (χ2n) is 10.6. The average Bonchev–Trinajstić information content (AvgIpc) is 3.04. The zero-order chi connectivity index (χ0) is 18.5. The third kappa shape index (κ3) is 7.56. The topological polar surface area (TPSA) is 9.72 Å². The summed E-state index contributed by atoms with van der Waals surface area (Å²) >= 11 is 0. The maximum atomic E-state index is 2.74. The molecule has 0 aliphatic carbocycles. The van der Waals surface area contributed by atoms with E-state index in [1.165, 1.54) is 84.5 Å². The van der Waals surface area contributed by atoms with E-state index in [2.05, 4.69) is 56.2 Å². The van der Waals surface area contributed by atoms with E-state index < -0.39 is 0 Å². The number of hydrogen-bond acceptors (Lipinski definition) is 3. The van der Waals surface area contributed by atoms with Gasteiger partial charge in [0.15, 0.2) is 0 Å². The Morgan fingerprint density at radius 2 is 1.44 bits per heavy atom. The monoisotopic (exact) mass is 351 g/mol. The highest BCUT2D eigenvalue weighted by atomic mass is 15.3. The molecule has 2 aliphatic heterocycles. The van der Waals surface area contributed by atoms with Crippen molar-refractivity contribution in [3.8, 4) is 0 Å². The molecule has 0 aromatic rings. The summed E-state index contributed by atoms with van der Waals surface area (Å²) in [5, 5.41) is 0. The normalized spacial score (nSPS) is 25.0. The Morgan fingerprint density at radius 1 is 0.800 bits per heavy atom. The predicted octanol–water partition coefficient (Wildman–Crippen LogP) is 4.33. The van der Waals surface area contributed by atoms with Gasteiger partial charge in [0.05, 0.1) is 0 Å². The maximum Gasteiger partial charge on any atom is 0.0228 e. The summed E-state index contributed by atoms with van der Waals surface area (Å²) in [5.74, 6) is 0. The van der Waals surface area contributed by atoms with Crippen molar-refractivity contribution >= 4 is 0 Å². The molecule has 2 aliphatic rings. The Bertz CT molecular complexity index is 379. The van der Waals surface area contributed by atoms with Gasteiger partial charge in [-0.15, -0.1) is 0 Å². The molecule has 148 valence electrons. The summed E-state index contributed by atoms with van der Waals surface area (Å²) < 4.78 is 0. The first-order valence-corrected chi connectivity index (χ1v) is 10.9. The zero-order valence-corrected chi connectivity index (χ0v) is 18.1. The van der Waals surface area contributed by atoms with Gasteiger partial charge in [0, 0.05) is 25.7 Å². The summed E-state index contributed by atoms with van der Waals surface area (Å²) in [5.41, 5.74) is 0.903. The van der Waals surface area contributed by atoms with Gasteiger partial charge in [-0.2, -0.15) is 0 Å². The lowest BCUT2D eigenvalue weighted by molar-refractivity contribution is 0.0439. The van der Waals surface area contributed by atoms with E-state index in [-0.39, 0.29) is 0 Å². The first kappa shape index (κ1) is 21.2. The molecule has 2 saturated heterocycles. The van der Waals surface area contributed by atoms with Gasteiger partial charge in [-0.1, -0.05) is 41.5 Å². The van der Waals surface area contributed by atoms with Crippen LogP contribution in [0.25, 0.3) is 0 Å². The lowest BCUT2D eigenvalue weighted by Gasteiger charge is -2.44. The Kier molecular flexibility index (Phi) is 7.79. The number of hydrogen-bond donors (Lipinski definition) is 0. The summed E-state index contributed by atoms with van der Waals surface area (Å²) in [6.45, 7) is 24.7. The van der Waals surface area contributed by atoms with Crippen LogP contribution in [0.2, 0.25) is 0 Å². The van der Waals surface area contributed by atoms with Gasteiger partial charge in [0.2, 0.25) is 0 Å². The highest BCUT2D eigenvalue weighted by Crippen LogP contribution is 2.31. The predicted molar refractivity (Wildman–Crippen MR) is 110 cm³/mol. The fourth-order valence-electron chi connectivity index (χ4n) is 4.47. The summed E-state index contributed by atoms with van der Waals surface area (Å²) in [6.07, 6.45) is 6.83. The van der Waals surface area contributed by atoms with Gasteiger partial charge in [-0.05, 0) is 75.7 Å². The van der Waals surface area contributed by atoms with Crippen LogP contribution in [0.4, 0.5) is 0 Å². The van der Waals surface area contributed by atoms with E-state index in [9.17, 15) is 0 Å². The smallest absolute Gasteiger partial charge is 0.0228 e. The van der Waals surface area contributed by atoms with E-state index in [0.29, 0.717) is 10.8 Å². The van der Waals surface area contributed by atoms with E-state index in [4.69, 9.17) is 0 Å². The molecule has 0 bridgehead atoms. The van der Waals surface area contributed by atoms with Crippen molar-refractivity contribution in [3.63, 3.8) is 0 Å². The molecular weight excluding hydrogens is 306 g/mol. The SMILES string of the molecule is CCN1CCN(CCC(C)(C)C)CC1CC(C)(C)CCN1CCCC1. The lowest BCUT2D eigenvalue weighted by Crippen LogP contribution is -2.54. The van der Waals surface area contributed by atoms with Crippen molar-refractivity contribution < 1.29 is 0 Å². The molecule has 2 fully saturated rings. The Labute approximate surface area is 158 Å². The van der Waals surface area contributed by atoms with E-state index in [1.54, 1.807) is 0 Å². The van der Waals surface area contributed by atoms with Gasteiger partial charge >= 0.3 is 0 Å². The standard InChI is InChI=1S/C22H45N3/c1-7-25-17-16-24(14-10-21(2,3)4)19-20(25)18-22(5,6)11-15-23-12-8-9-13-23/h20H,7-19H2,1-6H3. The van der Waals surface area contributed by atoms with Gasteiger partial charge in [-0.3, -0.25) is 4.90 Å². The van der Waals surface area contributed by atoms with Crippen molar-refractivity contribution in [3.05, 3.63) is 0 Å². The maximum absolute atomic E-state index is 2.74. The molecule has 3 nitrogen and oxygen atoms in total. The third-order valence-corrected chi connectivity index (χ3v) is 6.36. The average molecular weight is 352 g/mol. The first-order chi connectivity index (χ1) is 11.7. The zero-order valence-electron chi connectivity index (χ0n) is 18.1. The fourth-order valence-corrected chi connectivity index (χ4v) is 4.47. The Hall–Kier alpha value is -0.120. The quantitative estimate of drug-likeness (QED) is 0.644. The van der Waals surface area contributed by atoms with Crippen LogP contribution in [-0.2, 0) is 0 Å². The lowest BCUT2D eigenvalue weighted by atomic mass is 9.81. The van der Waals surface area contributed by atoms with Crippen LogP contribution in [0, 0.1) is 10.8 Å². The number of piperazine rings is 1. The minimum Gasteiger partial charge on any atom is -0.303 e. The van der Waals surface area contributed by atoms with Crippen LogP contribution >= 0.6 is 0 Å². The van der Waals surface area contributed by atoms with Crippen molar-refractivity contribution in [2.24, 2.45) is 10.8 Å². The third-order valence-electron chi connectivity index (χ3n) is 6.36. The van der Waals surface area contributed by atoms with E-state index in [0.717, 1.165) is 6.04 Å². The van der Waals surface area contributed by atoms with Crippen LogP contribution < -0.4 is 0 Å². The first-order valence-electron chi connectivity index (χ1n) is 10.9. The van der Waals surface area contributed by atoms with Crippen LogP contribution in [0.15, 0.2) is 0 Å². The molecule has 0 spiro atoms. The number of likely N-dealkylation sites (N-methyl/N-ethyl adjacent to an activating group) is 1. The number of likely N-dealkylation sites (tertiary alicyclic amines) is 1. The molecule has 0 N–H and O–H groups in total. The van der Waals surface area contributed by atoms with Crippen LogP contribution in [0.1, 0.15) is 73.6 Å². The molecule has 0 radical (unpaired) electrons. The van der Waals surface area contributed by atoms with Gasteiger partial charge in [0.1, 0.15) is 0 Å². The summed E-state index contributed by atoms with van der Waals surface area (Å²) in [7, 11) is 0. The van der Waals surface area contributed by atoms with Gasteiger partial charge in [0.25, 0.3) is 0 Å². The van der Waals surface area contributed by atoms with Gasteiger partial charge < -0.3 is 9.80 Å². The second kappa shape index (κ2) is 9.19. The largest absolute Gasteiger partial charge is 0.303 e. The van der Waals surface area contributed by atoms with Crippen LogP contribution in [0.5, 0.6) is 0 Å². The molecule has 3 heteroatoms. The fraction of sp³-hybridized carbons (Fsp3) is 1.00. The molecule has 2 heterocycles. The molecule has 1 unspecified atom stereocenters. The summed E-state index contributed by atoms with van der Waals surface area (Å²) in [4.78, 5) is 8.15. The molecule has 0 amide bonds. The summed E-state index contributed by atoms with van der Waals surface area (Å²) in [6, 6.07) is 0.743. The van der Waals surface area contributed by atoms with Crippen LogP contribution in [-0.4, -0.2) is 73.1 Å². The highest BCUT2D eigenvalue weighted by molar-refractivity contribution is 4.87. The molecule has 0 saturated carbocycles. The second-order valence-corrected chi connectivity index (χ2v) is 10.6. The van der Waals surface area contributed by atoms with Crippen molar-refractivity contribution in [1.29, 1.82) is 0 Å².